The maximum absolute atomic E-state index is 12.8. The minimum Gasteiger partial charge on any atom is -0.358 e. The molecule has 0 saturated carbocycles. The molecule has 4 rings (SSSR count). The zero-order valence-corrected chi connectivity index (χ0v) is 17.2. The van der Waals surface area contributed by atoms with Gasteiger partial charge in [0.05, 0.1) is 0 Å². The summed E-state index contributed by atoms with van der Waals surface area (Å²) in [6, 6.07) is 14.7. The highest BCUT2D eigenvalue weighted by Crippen LogP contribution is 2.27. The van der Waals surface area contributed by atoms with Crippen LogP contribution in [-0.2, 0) is 18.3 Å². The van der Waals surface area contributed by atoms with Crippen molar-refractivity contribution in [3.8, 4) is 0 Å². The molecular formula is C24H29N3O. The van der Waals surface area contributed by atoms with Crippen LogP contribution in [0, 0.1) is 6.92 Å². The maximum atomic E-state index is 12.8. The Morgan fingerprint density at radius 2 is 1.75 bits per heavy atom. The molecule has 146 valence electrons. The molecular weight excluding hydrogens is 346 g/mol. The predicted octanol–water partition coefficient (Wildman–Crippen LogP) is 5.41. The SMILES string of the molecule is Cc1ccc2[nH]c3c(c2c1)CCN(C(=O)Nc1ccc(C(C)(C)C)cc1)CC3. The lowest BCUT2D eigenvalue weighted by Gasteiger charge is -2.22. The van der Waals surface area contributed by atoms with E-state index in [1.165, 1.54) is 33.3 Å². The topological polar surface area (TPSA) is 48.1 Å². The molecule has 1 aromatic heterocycles. The molecule has 28 heavy (non-hydrogen) atoms. The average molecular weight is 376 g/mol. The standard InChI is InChI=1S/C24H29N3O/c1-16-5-10-21-20(15-16)19-11-13-27(14-12-22(19)26-21)23(28)25-18-8-6-17(7-9-18)24(2,3)4/h5-10,15,26H,11-14H2,1-4H3,(H,25,28). The Labute approximate surface area is 166 Å². The van der Waals surface area contributed by atoms with Crippen molar-refractivity contribution in [2.24, 2.45) is 0 Å². The molecule has 0 atom stereocenters. The third-order valence-corrected chi connectivity index (χ3v) is 5.70. The highest BCUT2D eigenvalue weighted by Gasteiger charge is 2.22. The summed E-state index contributed by atoms with van der Waals surface area (Å²) in [7, 11) is 0. The maximum Gasteiger partial charge on any atom is 0.321 e. The van der Waals surface area contributed by atoms with Crippen LogP contribution in [0.1, 0.15) is 43.2 Å². The van der Waals surface area contributed by atoms with Crippen molar-refractivity contribution in [1.82, 2.24) is 9.88 Å². The number of nitrogens with zero attached hydrogens (tertiary/aromatic N) is 1. The van der Waals surface area contributed by atoms with Crippen molar-refractivity contribution in [1.29, 1.82) is 0 Å². The number of aryl methyl sites for hydroxylation is 1. The number of fused-ring (bicyclic) bond motifs is 3. The number of hydrogen-bond donors (Lipinski definition) is 2. The number of aromatic amines is 1. The van der Waals surface area contributed by atoms with E-state index in [9.17, 15) is 4.79 Å². The number of H-pyrrole nitrogens is 1. The molecule has 3 aromatic rings. The molecule has 0 fully saturated rings. The molecule has 2 aromatic carbocycles. The second-order valence-corrected chi connectivity index (χ2v) is 8.88. The quantitative estimate of drug-likeness (QED) is 0.587. The highest BCUT2D eigenvalue weighted by atomic mass is 16.2. The number of rotatable bonds is 1. The fourth-order valence-corrected chi connectivity index (χ4v) is 3.98. The summed E-state index contributed by atoms with van der Waals surface area (Å²) in [5.41, 5.74) is 7.33. The van der Waals surface area contributed by atoms with Gasteiger partial charge in [0.1, 0.15) is 0 Å². The van der Waals surface area contributed by atoms with E-state index in [0.29, 0.717) is 0 Å². The first-order valence-corrected chi connectivity index (χ1v) is 10.1. The molecule has 0 aliphatic carbocycles. The van der Waals surface area contributed by atoms with Crippen molar-refractivity contribution in [2.45, 2.75) is 46.0 Å². The summed E-state index contributed by atoms with van der Waals surface area (Å²) in [5.74, 6) is 0. The summed E-state index contributed by atoms with van der Waals surface area (Å²) in [5, 5.41) is 4.36. The van der Waals surface area contributed by atoms with Gasteiger partial charge in [-0.1, -0.05) is 44.5 Å². The van der Waals surface area contributed by atoms with Crippen LogP contribution in [0.3, 0.4) is 0 Å². The van der Waals surface area contributed by atoms with E-state index < -0.39 is 0 Å². The van der Waals surface area contributed by atoms with Gasteiger partial charge in [-0.15, -0.1) is 0 Å². The molecule has 0 spiro atoms. The van der Waals surface area contributed by atoms with Gasteiger partial charge in [0, 0.05) is 41.8 Å². The monoisotopic (exact) mass is 375 g/mol. The van der Waals surface area contributed by atoms with Crippen LogP contribution in [0.4, 0.5) is 10.5 Å². The van der Waals surface area contributed by atoms with E-state index in [1.807, 2.05) is 17.0 Å². The number of amides is 2. The molecule has 1 aliphatic rings. The summed E-state index contributed by atoms with van der Waals surface area (Å²) in [6.45, 7) is 10.2. The number of benzene rings is 2. The molecule has 2 heterocycles. The number of nitrogens with one attached hydrogen (secondary N) is 2. The molecule has 0 unspecified atom stereocenters. The Hall–Kier alpha value is -2.75. The summed E-state index contributed by atoms with van der Waals surface area (Å²) in [6.07, 6.45) is 1.74. The van der Waals surface area contributed by atoms with Crippen molar-refractivity contribution in [2.75, 3.05) is 18.4 Å². The van der Waals surface area contributed by atoms with Gasteiger partial charge >= 0.3 is 6.03 Å². The number of carbonyl (C=O) groups excluding carboxylic acids is 1. The van der Waals surface area contributed by atoms with Gasteiger partial charge in [-0.3, -0.25) is 0 Å². The van der Waals surface area contributed by atoms with E-state index in [2.05, 4.69) is 68.3 Å². The highest BCUT2D eigenvalue weighted by molar-refractivity contribution is 5.90. The Morgan fingerprint density at radius 3 is 2.46 bits per heavy atom. The van der Waals surface area contributed by atoms with Crippen LogP contribution >= 0.6 is 0 Å². The molecule has 2 N–H and O–H groups in total. The zero-order valence-electron chi connectivity index (χ0n) is 17.2. The minimum absolute atomic E-state index is 0.0193. The minimum atomic E-state index is -0.0193. The van der Waals surface area contributed by atoms with Gasteiger partial charge in [-0.25, -0.2) is 4.79 Å². The van der Waals surface area contributed by atoms with E-state index in [1.54, 1.807) is 0 Å². The second-order valence-electron chi connectivity index (χ2n) is 8.88. The molecule has 4 heteroatoms. The van der Waals surface area contributed by atoms with E-state index in [0.717, 1.165) is 31.6 Å². The Bertz CT molecular complexity index is 1010. The summed E-state index contributed by atoms with van der Waals surface area (Å²) in [4.78, 5) is 18.3. The third-order valence-electron chi connectivity index (χ3n) is 5.70. The third kappa shape index (κ3) is 3.64. The van der Waals surface area contributed by atoms with Gasteiger partial charge in [0.15, 0.2) is 0 Å². The molecule has 1 aliphatic heterocycles. The molecule has 4 nitrogen and oxygen atoms in total. The number of urea groups is 1. The van der Waals surface area contributed by atoms with Gasteiger partial charge in [-0.05, 0) is 54.2 Å². The van der Waals surface area contributed by atoms with E-state index >= 15 is 0 Å². The molecule has 2 amide bonds. The largest absolute Gasteiger partial charge is 0.358 e. The fourth-order valence-electron chi connectivity index (χ4n) is 3.98. The number of carbonyl (C=O) groups is 1. The summed E-state index contributed by atoms with van der Waals surface area (Å²) >= 11 is 0. The molecule has 0 bridgehead atoms. The van der Waals surface area contributed by atoms with Crippen LogP contribution in [0.2, 0.25) is 0 Å². The van der Waals surface area contributed by atoms with Crippen LogP contribution in [0.25, 0.3) is 10.9 Å². The first-order chi connectivity index (χ1) is 13.3. The first-order valence-electron chi connectivity index (χ1n) is 10.1. The van der Waals surface area contributed by atoms with Crippen LogP contribution in [0.15, 0.2) is 42.5 Å². The molecule has 0 radical (unpaired) electrons. The van der Waals surface area contributed by atoms with Gasteiger partial charge < -0.3 is 15.2 Å². The van der Waals surface area contributed by atoms with E-state index in [-0.39, 0.29) is 11.4 Å². The first kappa shape index (κ1) is 18.6. The predicted molar refractivity (Wildman–Crippen MR) is 116 cm³/mol. The normalized spacial score (nSPS) is 14.6. The van der Waals surface area contributed by atoms with Crippen LogP contribution in [0.5, 0.6) is 0 Å². The van der Waals surface area contributed by atoms with Crippen molar-refractivity contribution < 1.29 is 4.79 Å². The Balaban J connectivity index is 1.45. The average Bonchev–Trinajstić information content (AvgIpc) is 2.84. The van der Waals surface area contributed by atoms with Gasteiger partial charge in [0.25, 0.3) is 0 Å². The van der Waals surface area contributed by atoms with E-state index in [4.69, 9.17) is 0 Å². The number of aromatic nitrogens is 1. The summed E-state index contributed by atoms with van der Waals surface area (Å²) < 4.78 is 0. The van der Waals surface area contributed by atoms with Crippen molar-refractivity contribution >= 4 is 22.6 Å². The second kappa shape index (κ2) is 7.01. The van der Waals surface area contributed by atoms with Crippen molar-refractivity contribution in [3.05, 3.63) is 64.8 Å². The molecule has 0 saturated heterocycles. The lowest BCUT2D eigenvalue weighted by atomic mass is 9.87. The van der Waals surface area contributed by atoms with Crippen LogP contribution in [-0.4, -0.2) is 29.0 Å². The fraction of sp³-hybridized carbons (Fsp3) is 0.375. The Morgan fingerprint density at radius 1 is 1.04 bits per heavy atom. The Kier molecular flexibility index (Phi) is 4.66. The van der Waals surface area contributed by atoms with Crippen LogP contribution < -0.4 is 5.32 Å². The lowest BCUT2D eigenvalue weighted by molar-refractivity contribution is 0.214. The zero-order chi connectivity index (χ0) is 19.9. The number of hydrogen-bond acceptors (Lipinski definition) is 1. The van der Waals surface area contributed by atoms with Gasteiger partial charge in [-0.2, -0.15) is 0 Å². The number of anilines is 1. The lowest BCUT2D eigenvalue weighted by Crippen LogP contribution is -2.36. The van der Waals surface area contributed by atoms with Crippen molar-refractivity contribution in [3.63, 3.8) is 0 Å². The van der Waals surface area contributed by atoms with Gasteiger partial charge in [0.2, 0.25) is 0 Å². The smallest absolute Gasteiger partial charge is 0.321 e.